The fraction of sp³-hybridized carbons (Fsp3) is 0.571. The summed E-state index contributed by atoms with van der Waals surface area (Å²) in [7, 11) is 1.51. The van der Waals surface area contributed by atoms with E-state index in [2.05, 4.69) is 10.1 Å². The average molecular weight is 305 g/mol. The highest BCUT2D eigenvalue weighted by molar-refractivity contribution is 5.43. The molecule has 1 rings (SSSR count). The summed E-state index contributed by atoms with van der Waals surface area (Å²) in [5.41, 5.74) is 0.838. The van der Waals surface area contributed by atoms with Crippen LogP contribution < -0.4 is 14.8 Å². The monoisotopic (exact) mass is 305 g/mol. The lowest BCUT2D eigenvalue weighted by molar-refractivity contribution is -0.0514. The zero-order chi connectivity index (χ0) is 15.7. The Morgan fingerprint density at radius 2 is 2.05 bits per heavy atom. The summed E-state index contributed by atoms with van der Waals surface area (Å²) in [5, 5.41) is 12.5. The third-order valence-corrected chi connectivity index (χ3v) is 2.59. The maximum absolute atomic E-state index is 12.3. The van der Waals surface area contributed by atoms with Gasteiger partial charge in [0.1, 0.15) is 0 Å². The molecule has 7 heteroatoms. The average Bonchev–Trinajstić information content (AvgIpc) is 2.41. The molecule has 1 aromatic carbocycles. The molecule has 0 aliphatic carbocycles. The predicted molar refractivity (Wildman–Crippen MR) is 73.8 cm³/mol. The molecular formula is C14H21F2NO4. The number of nitrogens with one attached hydrogen (secondary N) is 1. The molecule has 0 aromatic heterocycles. The second-order valence-corrected chi connectivity index (χ2v) is 4.33. The summed E-state index contributed by atoms with van der Waals surface area (Å²) in [6, 6.07) is 4.74. The third-order valence-electron chi connectivity index (χ3n) is 2.59. The number of methoxy groups -OCH3 is 1. The van der Waals surface area contributed by atoms with E-state index in [4.69, 9.17) is 9.47 Å². The number of benzene rings is 1. The van der Waals surface area contributed by atoms with Gasteiger partial charge in [-0.15, -0.1) is 0 Å². The van der Waals surface area contributed by atoms with Crippen LogP contribution in [0.1, 0.15) is 12.5 Å². The predicted octanol–water partition coefficient (Wildman–Crippen LogP) is 1.78. The van der Waals surface area contributed by atoms with Gasteiger partial charge in [-0.1, -0.05) is 6.07 Å². The molecule has 0 spiro atoms. The molecule has 0 radical (unpaired) electrons. The van der Waals surface area contributed by atoms with E-state index in [-0.39, 0.29) is 18.1 Å². The lowest BCUT2D eigenvalue weighted by Crippen LogP contribution is -2.29. The van der Waals surface area contributed by atoms with Crippen LogP contribution in [0, 0.1) is 0 Å². The molecule has 5 nitrogen and oxygen atoms in total. The van der Waals surface area contributed by atoms with Crippen LogP contribution in [0.15, 0.2) is 18.2 Å². The summed E-state index contributed by atoms with van der Waals surface area (Å²) < 4.78 is 39.0. The molecule has 0 aliphatic heterocycles. The van der Waals surface area contributed by atoms with Crippen molar-refractivity contribution in [1.82, 2.24) is 5.32 Å². The van der Waals surface area contributed by atoms with E-state index < -0.39 is 12.7 Å². The van der Waals surface area contributed by atoms with Gasteiger partial charge in [0.25, 0.3) is 0 Å². The number of hydrogen-bond donors (Lipinski definition) is 2. The zero-order valence-corrected chi connectivity index (χ0v) is 12.1. The molecule has 0 saturated heterocycles. The Labute approximate surface area is 122 Å². The van der Waals surface area contributed by atoms with E-state index in [1.165, 1.54) is 13.2 Å². The molecule has 0 amide bonds. The molecule has 0 heterocycles. The molecule has 1 aromatic rings. The van der Waals surface area contributed by atoms with Crippen LogP contribution in [0.5, 0.6) is 11.5 Å². The number of aliphatic hydroxyl groups is 1. The maximum atomic E-state index is 12.3. The lowest BCUT2D eigenvalue weighted by atomic mass is 10.2. The van der Waals surface area contributed by atoms with Gasteiger partial charge in [0.15, 0.2) is 11.5 Å². The van der Waals surface area contributed by atoms with Crippen molar-refractivity contribution < 1.29 is 28.1 Å². The largest absolute Gasteiger partial charge is 0.490 e. The van der Waals surface area contributed by atoms with Crippen LogP contribution in [-0.4, -0.2) is 44.7 Å². The van der Waals surface area contributed by atoms with E-state index in [9.17, 15) is 13.9 Å². The summed E-state index contributed by atoms with van der Waals surface area (Å²) in [4.78, 5) is 0. The molecule has 0 saturated carbocycles. The molecule has 120 valence electrons. The van der Waals surface area contributed by atoms with Crippen molar-refractivity contribution in [3.05, 3.63) is 23.8 Å². The first kappa shape index (κ1) is 17.6. The number of aliphatic hydroxyl groups excluding tert-OH is 1. The Hall–Kier alpha value is -1.44. The molecule has 0 aliphatic rings. The maximum Gasteiger partial charge on any atom is 0.387 e. The van der Waals surface area contributed by atoms with Gasteiger partial charge in [0.05, 0.1) is 19.3 Å². The van der Waals surface area contributed by atoms with Crippen molar-refractivity contribution in [3.63, 3.8) is 0 Å². The lowest BCUT2D eigenvalue weighted by Gasteiger charge is -2.14. The Balaban J connectivity index is 2.60. The van der Waals surface area contributed by atoms with Crippen LogP contribution in [0.25, 0.3) is 0 Å². The first-order valence-corrected chi connectivity index (χ1v) is 6.65. The minimum atomic E-state index is -2.89. The van der Waals surface area contributed by atoms with Crippen molar-refractivity contribution in [3.8, 4) is 11.5 Å². The van der Waals surface area contributed by atoms with Crippen LogP contribution in [0.4, 0.5) is 8.78 Å². The van der Waals surface area contributed by atoms with Crippen molar-refractivity contribution in [2.24, 2.45) is 0 Å². The minimum absolute atomic E-state index is 0.00928. The smallest absolute Gasteiger partial charge is 0.387 e. The highest BCUT2D eigenvalue weighted by Gasteiger charge is 2.11. The normalized spacial score (nSPS) is 12.5. The fourth-order valence-corrected chi connectivity index (χ4v) is 1.76. The van der Waals surface area contributed by atoms with Crippen LogP contribution in [0.3, 0.4) is 0 Å². The highest BCUT2D eigenvalue weighted by atomic mass is 19.3. The van der Waals surface area contributed by atoms with Gasteiger partial charge in [0, 0.05) is 20.2 Å². The first-order chi connectivity index (χ1) is 10.1. The molecule has 1 unspecified atom stereocenters. The number of hydrogen-bond acceptors (Lipinski definition) is 5. The summed E-state index contributed by atoms with van der Waals surface area (Å²) in [5.74, 6) is 0.282. The van der Waals surface area contributed by atoms with Crippen LogP contribution in [0.2, 0.25) is 0 Å². The molecule has 2 N–H and O–H groups in total. The SMILES string of the molecule is CCOc1cc(CNCC(O)COC)ccc1OC(F)F. The molecule has 0 fully saturated rings. The van der Waals surface area contributed by atoms with Gasteiger partial charge in [-0.25, -0.2) is 0 Å². The zero-order valence-electron chi connectivity index (χ0n) is 12.1. The van der Waals surface area contributed by atoms with Crippen molar-refractivity contribution in [2.45, 2.75) is 26.2 Å². The van der Waals surface area contributed by atoms with Gasteiger partial charge in [-0.05, 0) is 24.6 Å². The molecule has 1 atom stereocenters. The van der Waals surface area contributed by atoms with E-state index in [1.807, 2.05) is 0 Å². The number of halogens is 2. The van der Waals surface area contributed by atoms with Crippen molar-refractivity contribution in [1.29, 1.82) is 0 Å². The highest BCUT2D eigenvalue weighted by Crippen LogP contribution is 2.29. The number of rotatable bonds is 10. The Morgan fingerprint density at radius 3 is 2.67 bits per heavy atom. The van der Waals surface area contributed by atoms with E-state index in [0.717, 1.165) is 5.56 Å². The number of ether oxygens (including phenoxy) is 3. The van der Waals surface area contributed by atoms with Crippen LogP contribution in [-0.2, 0) is 11.3 Å². The molecule has 0 bridgehead atoms. The second-order valence-electron chi connectivity index (χ2n) is 4.33. The fourth-order valence-electron chi connectivity index (χ4n) is 1.76. The molecular weight excluding hydrogens is 284 g/mol. The third kappa shape index (κ3) is 6.70. The second kappa shape index (κ2) is 9.49. The summed E-state index contributed by atoms with van der Waals surface area (Å²) in [6.07, 6.45) is -0.595. The number of alkyl halides is 2. The van der Waals surface area contributed by atoms with Gasteiger partial charge in [0.2, 0.25) is 0 Å². The van der Waals surface area contributed by atoms with Crippen molar-refractivity contribution in [2.75, 3.05) is 26.9 Å². The van der Waals surface area contributed by atoms with Crippen molar-refractivity contribution >= 4 is 0 Å². The standard InChI is InChI=1S/C14H21F2NO4/c1-3-20-13-6-10(4-5-12(13)21-14(15)16)7-17-8-11(18)9-19-2/h4-6,11,14,17-18H,3,7-9H2,1-2H3. The topological polar surface area (TPSA) is 60.0 Å². The Morgan fingerprint density at radius 1 is 1.29 bits per heavy atom. The summed E-state index contributed by atoms with van der Waals surface area (Å²) in [6.45, 7) is 0.306. The van der Waals surface area contributed by atoms with Gasteiger partial charge >= 0.3 is 6.61 Å². The van der Waals surface area contributed by atoms with Gasteiger partial charge in [-0.2, -0.15) is 8.78 Å². The molecule has 21 heavy (non-hydrogen) atoms. The van der Waals surface area contributed by atoms with Gasteiger partial charge in [-0.3, -0.25) is 0 Å². The van der Waals surface area contributed by atoms with Crippen LogP contribution >= 0.6 is 0 Å². The Kier molecular flexibility index (Phi) is 7.96. The minimum Gasteiger partial charge on any atom is -0.490 e. The quantitative estimate of drug-likeness (QED) is 0.690. The summed E-state index contributed by atoms with van der Waals surface area (Å²) >= 11 is 0. The van der Waals surface area contributed by atoms with E-state index in [1.54, 1.807) is 19.1 Å². The van der Waals surface area contributed by atoms with E-state index >= 15 is 0 Å². The Bertz CT molecular complexity index is 418. The van der Waals surface area contributed by atoms with E-state index in [0.29, 0.717) is 19.7 Å². The first-order valence-electron chi connectivity index (χ1n) is 6.65. The van der Waals surface area contributed by atoms with Gasteiger partial charge < -0.3 is 24.6 Å².